The molecule has 0 bridgehead atoms. The summed E-state index contributed by atoms with van der Waals surface area (Å²) in [5, 5.41) is 0. The van der Waals surface area contributed by atoms with Crippen LogP contribution in [0.4, 0.5) is 0 Å². The van der Waals surface area contributed by atoms with E-state index >= 15 is 0 Å². The Kier molecular flexibility index (Phi) is 5.90. The van der Waals surface area contributed by atoms with Gasteiger partial charge in [0.2, 0.25) is 0 Å². The zero-order valence-electron chi connectivity index (χ0n) is 16.0. The Hall–Kier alpha value is -2.38. The van der Waals surface area contributed by atoms with Crippen LogP contribution in [0.15, 0.2) is 85.5 Å². The van der Waals surface area contributed by atoms with Gasteiger partial charge < -0.3 is 0 Å². The molecule has 2 aromatic carbocycles. The normalized spacial score (nSPS) is 17.8. The SMILES string of the molecule is C=C/C=C(\C=C)CN1CCc2ccccc2C1c1ccc(C(C)C)cc1. The first-order chi connectivity index (χ1) is 12.6. The lowest BCUT2D eigenvalue weighted by Gasteiger charge is -2.38. The van der Waals surface area contributed by atoms with E-state index in [0.29, 0.717) is 5.92 Å². The van der Waals surface area contributed by atoms with Crippen LogP contribution >= 0.6 is 0 Å². The van der Waals surface area contributed by atoms with Gasteiger partial charge in [-0.15, -0.1) is 0 Å². The summed E-state index contributed by atoms with van der Waals surface area (Å²) < 4.78 is 0. The van der Waals surface area contributed by atoms with Gasteiger partial charge >= 0.3 is 0 Å². The Morgan fingerprint density at radius 2 is 1.85 bits per heavy atom. The zero-order valence-corrected chi connectivity index (χ0v) is 16.0. The van der Waals surface area contributed by atoms with Crippen molar-refractivity contribution in [2.24, 2.45) is 0 Å². The van der Waals surface area contributed by atoms with Crippen molar-refractivity contribution in [3.63, 3.8) is 0 Å². The van der Waals surface area contributed by atoms with Gasteiger partial charge in [-0.1, -0.05) is 93.8 Å². The standard InChI is InChI=1S/C25H29N/c1-5-9-20(6-2)18-26-17-16-22-10-7-8-11-24(22)25(26)23-14-12-21(13-15-23)19(3)4/h5-15,19,25H,1-2,16-18H2,3-4H3/b20-9+. The average molecular weight is 344 g/mol. The van der Waals surface area contributed by atoms with Crippen molar-refractivity contribution in [3.05, 3.63) is 108 Å². The molecule has 0 saturated heterocycles. The molecule has 1 unspecified atom stereocenters. The molecule has 1 aliphatic rings. The second kappa shape index (κ2) is 8.33. The molecule has 0 amide bonds. The van der Waals surface area contributed by atoms with E-state index in [9.17, 15) is 0 Å². The lowest BCUT2D eigenvalue weighted by molar-refractivity contribution is 0.233. The van der Waals surface area contributed by atoms with Crippen LogP contribution in [0, 0.1) is 0 Å². The van der Waals surface area contributed by atoms with Crippen LogP contribution in [0.25, 0.3) is 0 Å². The molecule has 3 rings (SSSR count). The van der Waals surface area contributed by atoms with Crippen LogP contribution in [0.2, 0.25) is 0 Å². The molecule has 0 aromatic heterocycles. The summed E-state index contributed by atoms with van der Waals surface area (Å²) in [6.07, 6.45) is 6.95. The second-order valence-electron chi connectivity index (χ2n) is 7.32. The number of rotatable bonds is 6. The average Bonchev–Trinajstić information content (AvgIpc) is 2.67. The Labute approximate surface area is 158 Å². The third kappa shape index (κ3) is 3.89. The summed E-state index contributed by atoms with van der Waals surface area (Å²) >= 11 is 0. The van der Waals surface area contributed by atoms with Gasteiger partial charge in [0, 0.05) is 13.1 Å². The highest BCUT2D eigenvalue weighted by atomic mass is 15.2. The maximum atomic E-state index is 3.98. The Morgan fingerprint density at radius 1 is 1.12 bits per heavy atom. The molecular formula is C25H29N. The fourth-order valence-electron chi connectivity index (χ4n) is 3.81. The topological polar surface area (TPSA) is 3.24 Å². The number of hydrogen-bond acceptors (Lipinski definition) is 1. The second-order valence-corrected chi connectivity index (χ2v) is 7.32. The molecule has 1 heterocycles. The summed E-state index contributed by atoms with van der Waals surface area (Å²) in [4.78, 5) is 2.56. The lowest BCUT2D eigenvalue weighted by atomic mass is 9.87. The van der Waals surface area contributed by atoms with Crippen LogP contribution in [0.3, 0.4) is 0 Å². The molecule has 26 heavy (non-hydrogen) atoms. The smallest absolute Gasteiger partial charge is 0.0607 e. The predicted octanol–water partition coefficient (Wildman–Crippen LogP) is 6.06. The molecule has 0 aliphatic carbocycles. The van der Waals surface area contributed by atoms with E-state index in [2.05, 4.69) is 86.5 Å². The fraction of sp³-hybridized carbons (Fsp3) is 0.280. The van der Waals surface area contributed by atoms with Crippen molar-refractivity contribution in [2.75, 3.05) is 13.1 Å². The minimum Gasteiger partial charge on any atom is -0.288 e. The van der Waals surface area contributed by atoms with E-state index in [1.165, 1.54) is 27.8 Å². The Bertz CT molecular complexity index is 795. The summed E-state index contributed by atoms with van der Waals surface area (Å²) in [5.41, 5.74) is 6.86. The molecule has 0 N–H and O–H groups in total. The molecule has 1 aliphatic heterocycles. The highest BCUT2D eigenvalue weighted by Gasteiger charge is 2.28. The van der Waals surface area contributed by atoms with Gasteiger partial charge in [-0.2, -0.15) is 0 Å². The summed E-state index contributed by atoms with van der Waals surface area (Å²) in [5.74, 6) is 0.557. The van der Waals surface area contributed by atoms with Crippen LogP contribution in [-0.4, -0.2) is 18.0 Å². The summed E-state index contributed by atoms with van der Waals surface area (Å²) in [6.45, 7) is 14.2. The van der Waals surface area contributed by atoms with Gasteiger partial charge in [-0.25, -0.2) is 0 Å². The quantitative estimate of drug-likeness (QED) is 0.577. The van der Waals surface area contributed by atoms with Crippen molar-refractivity contribution >= 4 is 0 Å². The number of allylic oxidation sites excluding steroid dienone is 2. The molecule has 0 radical (unpaired) electrons. The number of benzene rings is 2. The molecule has 134 valence electrons. The van der Waals surface area contributed by atoms with Gasteiger partial charge in [-0.3, -0.25) is 4.90 Å². The van der Waals surface area contributed by atoms with Gasteiger partial charge in [0.1, 0.15) is 0 Å². The van der Waals surface area contributed by atoms with Crippen molar-refractivity contribution in [2.45, 2.75) is 32.2 Å². The number of nitrogens with zero attached hydrogens (tertiary/aromatic N) is 1. The van der Waals surface area contributed by atoms with Crippen LogP contribution in [-0.2, 0) is 6.42 Å². The van der Waals surface area contributed by atoms with Crippen molar-refractivity contribution in [3.8, 4) is 0 Å². The predicted molar refractivity (Wildman–Crippen MR) is 113 cm³/mol. The molecule has 1 atom stereocenters. The van der Waals surface area contributed by atoms with E-state index in [1.54, 1.807) is 0 Å². The van der Waals surface area contributed by atoms with Crippen LogP contribution in [0.1, 0.15) is 48.1 Å². The minimum atomic E-state index is 0.286. The monoisotopic (exact) mass is 343 g/mol. The minimum absolute atomic E-state index is 0.286. The number of hydrogen-bond donors (Lipinski definition) is 0. The lowest BCUT2D eigenvalue weighted by Crippen LogP contribution is -2.37. The van der Waals surface area contributed by atoms with E-state index in [-0.39, 0.29) is 6.04 Å². The molecule has 0 saturated carbocycles. The van der Waals surface area contributed by atoms with Gasteiger partial charge in [0.05, 0.1) is 6.04 Å². The summed E-state index contributed by atoms with van der Waals surface area (Å²) in [6, 6.07) is 18.3. The first kappa shape index (κ1) is 18.4. The van der Waals surface area contributed by atoms with Crippen LogP contribution in [0.5, 0.6) is 0 Å². The highest BCUT2D eigenvalue weighted by molar-refractivity contribution is 5.41. The van der Waals surface area contributed by atoms with Crippen molar-refractivity contribution in [1.82, 2.24) is 4.90 Å². The van der Waals surface area contributed by atoms with Gasteiger partial charge in [0.25, 0.3) is 0 Å². The molecule has 0 fully saturated rings. The molecule has 1 heteroatoms. The van der Waals surface area contributed by atoms with E-state index < -0.39 is 0 Å². The Morgan fingerprint density at radius 3 is 2.50 bits per heavy atom. The Balaban J connectivity index is 2.00. The fourth-order valence-corrected chi connectivity index (χ4v) is 3.81. The highest BCUT2D eigenvalue weighted by Crippen LogP contribution is 2.36. The van der Waals surface area contributed by atoms with E-state index in [1.807, 2.05) is 12.2 Å². The third-order valence-corrected chi connectivity index (χ3v) is 5.28. The molecule has 1 nitrogen and oxygen atoms in total. The largest absolute Gasteiger partial charge is 0.288 e. The third-order valence-electron chi connectivity index (χ3n) is 5.28. The first-order valence-electron chi connectivity index (χ1n) is 9.49. The van der Waals surface area contributed by atoms with E-state index in [0.717, 1.165) is 19.5 Å². The van der Waals surface area contributed by atoms with Gasteiger partial charge in [0.15, 0.2) is 0 Å². The van der Waals surface area contributed by atoms with E-state index in [4.69, 9.17) is 0 Å². The zero-order chi connectivity index (χ0) is 18.5. The van der Waals surface area contributed by atoms with Gasteiger partial charge in [-0.05, 0) is 40.2 Å². The number of fused-ring (bicyclic) bond motifs is 1. The van der Waals surface area contributed by atoms with Crippen molar-refractivity contribution < 1.29 is 0 Å². The maximum Gasteiger partial charge on any atom is 0.0607 e. The van der Waals surface area contributed by atoms with Crippen molar-refractivity contribution in [1.29, 1.82) is 0 Å². The molecular weight excluding hydrogens is 314 g/mol. The summed E-state index contributed by atoms with van der Waals surface area (Å²) in [7, 11) is 0. The maximum absolute atomic E-state index is 3.98. The first-order valence-corrected chi connectivity index (χ1v) is 9.49. The molecule has 0 spiro atoms. The molecule has 2 aromatic rings. The van der Waals surface area contributed by atoms with Crippen LogP contribution < -0.4 is 0 Å².